The molecule has 2 heterocycles. The fourth-order valence-electron chi connectivity index (χ4n) is 5.07. The second kappa shape index (κ2) is 8.12. The third-order valence-corrected chi connectivity index (χ3v) is 8.71. The lowest BCUT2D eigenvalue weighted by molar-refractivity contribution is 0.340. The average molecular weight is 391 g/mol. The van der Waals surface area contributed by atoms with Gasteiger partial charge < -0.3 is 5.32 Å². The molecule has 2 aliphatic heterocycles. The van der Waals surface area contributed by atoms with Gasteiger partial charge in [0.15, 0.2) is 0 Å². The molecule has 2 unspecified atom stereocenters. The van der Waals surface area contributed by atoms with Crippen molar-refractivity contribution in [1.82, 2.24) is 5.32 Å². The van der Waals surface area contributed by atoms with Crippen LogP contribution in [0.5, 0.6) is 0 Å². The number of piperidine rings is 1. The molecular formula is C22H34N2O2S. The van der Waals surface area contributed by atoms with Crippen LogP contribution >= 0.6 is 0 Å². The Balaban J connectivity index is 1.40. The van der Waals surface area contributed by atoms with Crippen molar-refractivity contribution in [2.24, 2.45) is 11.8 Å². The quantitative estimate of drug-likeness (QED) is 0.764. The number of anilines is 1. The van der Waals surface area contributed by atoms with Gasteiger partial charge in [-0.2, -0.15) is 0 Å². The Kier molecular flexibility index (Phi) is 5.79. The summed E-state index contributed by atoms with van der Waals surface area (Å²) in [5, 5.41) is 3.46. The topological polar surface area (TPSA) is 49.4 Å². The Bertz CT molecular complexity index is 756. The third-order valence-electron chi connectivity index (χ3n) is 6.73. The van der Waals surface area contributed by atoms with Crippen molar-refractivity contribution < 1.29 is 8.42 Å². The van der Waals surface area contributed by atoms with Crippen molar-refractivity contribution in [3.63, 3.8) is 0 Å². The predicted octanol–water partition coefficient (Wildman–Crippen LogP) is 4.06. The van der Waals surface area contributed by atoms with E-state index in [0.29, 0.717) is 18.9 Å². The zero-order valence-electron chi connectivity index (χ0n) is 16.6. The molecule has 1 aromatic rings. The maximum Gasteiger partial charge on any atom is 0.235 e. The van der Waals surface area contributed by atoms with Gasteiger partial charge in [0.1, 0.15) is 0 Å². The Morgan fingerprint density at radius 2 is 2.00 bits per heavy atom. The maximum absolute atomic E-state index is 12.6. The number of nitrogens with one attached hydrogen (secondary N) is 1. The molecule has 1 saturated heterocycles. The molecule has 0 spiro atoms. The summed E-state index contributed by atoms with van der Waals surface area (Å²) in [6.07, 6.45) is 9.38. The van der Waals surface area contributed by atoms with E-state index in [1.807, 2.05) is 6.92 Å². The first-order valence-electron chi connectivity index (χ1n) is 10.9. The number of aryl methyl sites for hydroxylation is 1. The van der Waals surface area contributed by atoms with Crippen LogP contribution in [0.2, 0.25) is 0 Å². The van der Waals surface area contributed by atoms with Crippen LogP contribution in [0.25, 0.3) is 0 Å². The van der Waals surface area contributed by atoms with Gasteiger partial charge in [-0.1, -0.05) is 25.5 Å². The van der Waals surface area contributed by atoms with Gasteiger partial charge in [-0.25, -0.2) is 8.42 Å². The highest BCUT2D eigenvalue weighted by molar-refractivity contribution is 7.92. The molecule has 4 nitrogen and oxygen atoms in total. The first kappa shape index (κ1) is 19.3. The van der Waals surface area contributed by atoms with Gasteiger partial charge >= 0.3 is 0 Å². The number of rotatable bonds is 7. The molecule has 1 N–H and O–H groups in total. The van der Waals surface area contributed by atoms with Crippen molar-refractivity contribution >= 4 is 15.7 Å². The Labute approximate surface area is 164 Å². The first-order valence-corrected chi connectivity index (χ1v) is 12.5. The summed E-state index contributed by atoms with van der Waals surface area (Å²) < 4.78 is 26.8. The Morgan fingerprint density at radius 3 is 2.78 bits per heavy atom. The van der Waals surface area contributed by atoms with E-state index < -0.39 is 10.0 Å². The summed E-state index contributed by atoms with van der Waals surface area (Å²) in [6.45, 7) is 4.96. The Hall–Kier alpha value is -1.07. The molecule has 3 aliphatic rings. The minimum Gasteiger partial charge on any atom is -0.317 e. The van der Waals surface area contributed by atoms with E-state index >= 15 is 0 Å². The van der Waals surface area contributed by atoms with Gasteiger partial charge in [0.25, 0.3) is 0 Å². The summed E-state index contributed by atoms with van der Waals surface area (Å²) >= 11 is 0. The highest BCUT2D eigenvalue weighted by Crippen LogP contribution is 2.51. The lowest BCUT2D eigenvalue weighted by Gasteiger charge is -2.31. The SMILES string of the molecule is CCCS(=O)(=O)N1CCCc2cc(C3CC3CCC3CCNCC3)ccc21. The van der Waals surface area contributed by atoms with E-state index in [1.165, 1.54) is 56.3 Å². The summed E-state index contributed by atoms with van der Waals surface area (Å²) in [6, 6.07) is 6.60. The van der Waals surface area contributed by atoms with E-state index in [2.05, 4.69) is 23.5 Å². The third kappa shape index (κ3) is 4.34. The molecule has 0 bridgehead atoms. The Morgan fingerprint density at radius 1 is 1.19 bits per heavy atom. The van der Waals surface area contributed by atoms with E-state index in [-0.39, 0.29) is 5.75 Å². The molecule has 0 radical (unpaired) electrons. The average Bonchev–Trinajstić information content (AvgIpc) is 3.46. The van der Waals surface area contributed by atoms with E-state index in [1.54, 1.807) is 4.31 Å². The van der Waals surface area contributed by atoms with Crippen LogP contribution in [0.15, 0.2) is 18.2 Å². The molecule has 27 heavy (non-hydrogen) atoms. The fraction of sp³-hybridized carbons (Fsp3) is 0.727. The summed E-state index contributed by atoms with van der Waals surface area (Å²) in [5.41, 5.74) is 3.62. The molecule has 0 amide bonds. The van der Waals surface area contributed by atoms with E-state index in [4.69, 9.17) is 0 Å². The molecule has 1 aromatic carbocycles. The summed E-state index contributed by atoms with van der Waals surface area (Å²) in [5.74, 6) is 2.73. The molecule has 2 fully saturated rings. The van der Waals surface area contributed by atoms with Crippen LogP contribution in [-0.2, 0) is 16.4 Å². The first-order chi connectivity index (χ1) is 13.1. The maximum atomic E-state index is 12.6. The van der Waals surface area contributed by atoms with Crippen LogP contribution in [0, 0.1) is 11.8 Å². The van der Waals surface area contributed by atoms with Crippen molar-refractivity contribution in [1.29, 1.82) is 0 Å². The number of benzene rings is 1. The summed E-state index contributed by atoms with van der Waals surface area (Å²) in [4.78, 5) is 0. The minimum absolute atomic E-state index is 0.246. The number of nitrogens with zero attached hydrogens (tertiary/aromatic N) is 1. The largest absolute Gasteiger partial charge is 0.317 e. The zero-order valence-corrected chi connectivity index (χ0v) is 17.4. The van der Waals surface area contributed by atoms with Gasteiger partial charge in [-0.05, 0) is 93.0 Å². The molecule has 2 atom stereocenters. The van der Waals surface area contributed by atoms with Gasteiger partial charge in [-0.3, -0.25) is 4.31 Å². The van der Waals surface area contributed by atoms with Crippen LogP contribution < -0.4 is 9.62 Å². The van der Waals surface area contributed by atoms with E-state index in [0.717, 1.165) is 30.4 Å². The minimum atomic E-state index is -3.17. The normalized spacial score (nSPS) is 26.0. The van der Waals surface area contributed by atoms with Gasteiger partial charge in [-0.15, -0.1) is 0 Å². The lowest BCUT2D eigenvalue weighted by atomic mass is 9.91. The van der Waals surface area contributed by atoms with Gasteiger partial charge in [0.05, 0.1) is 11.4 Å². The fourth-order valence-corrected chi connectivity index (χ4v) is 6.69. The van der Waals surface area contributed by atoms with Crippen LogP contribution in [0.4, 0.5) is 5.69 Å². The van der Waals surface area contributed by atoms with Gasteiger partial charge in [0, 0.05) is 6.54 Å². The predicted molar refractivity (Wildman–Crippen MR) is 112 cm³/mol. The smallest absolute Gasteiger partial charge is 0.235 e. The molecule has 4 rings (SSSR count). The van der Waals surface area contributed by atoms with Crippen LogP contribution in [-0.4, -0.2) is 33.8 Å². The number of hydrogen-bond donors (Lipinski definition) is 1. The highest BCUT2D eigenvalue weighted by atomic mass is 32.2. The zero-order chi connectivity index (χ0) is 18.9. The molecule has 0 aromatic heterocycles. The molecule has 150 valence electrons. The van der Waals surface area contributed by atoms with E-state index in [9.17, 15) is 8.42 Å². The summed E-state index contributed by atoms with van der Waals surface area (Å²) in [7, 11) is -3.17. The highest BCUT2D eigenvalue weighted by Gasteiger charge is 2.39. The van der Waals surface area contributed by atoms with Crippen molar-refractivity contribution in [3.8, 4) is 0 Å². The van der Waals surface area contributed by atoms with Crippen molar-refractivity contribution in [2.75, 3.05) is 29.7 Å². The lowest BCUT2D eigenvalue weighted by Crippen LogP contribution is -2.37. The standard InChI is InChI=1S/C22H34N2O2S/c1-2-14-27(25,26)24-13-3-4-20-15-18(7-8-22(20)24)21-16-19(21)6-5-17-9-11-23-12-10-17/h7-8,15,17,19,21,23H,2-6,9-14,16H2,1H3. The van der Waals surface area contributed by atoms with Crippen molar-refractivity contribution in [3.05, 3.63) is 29.3 Å². The monoisotopic (exact) mass is 390 g/mol. The van der Waals surface area contributed by atoms with Crippen LogP contribution in [0.3, 0.4) is 0 Å². The van der Waals surface area contributed by atoms with Crippen molar-refractivity contribution in [2.45, 2.75) is 64.2 Å². The molecule has 5 heteroatoms. The number of sulfonamides is 1. The van der Waals surface area contributed by atoms with Gasteiger partial charge in [0.2, 0.25) is 10.0 Å². The number of hydrogen-bond acceptors (Lipinski definition) is 3. The molecule has 1 aliphatic carbocycles. The molecular weight excluding hydrogens is 356 g/mol. The van der Waals surface area contributed by atoms with Crippen LogP contribution in [0.1, 0.15) is 68.9 Å². The second-order valence-corrected chi connectivity index (χ2v) is 10.8. The number of fused-ring (bicyclic) bond motifs is 1. The second-order valence-electron chi connectivity index (χ2n) is 8.75. The molecule has 1 saturated carbocycles.